The fourth-order valence-electron chi connectivity index (χ4n) is 3.01. The summed E-state index contributed by atoms with van der Waals surface area (Å²) in [4.78, 5) is 12.1. The number of rotatable bonds is 4. The minimum absolute atomic E-state index is 0.0163. The van der Waals surface area contributed by atoms with E-state index in [-0.39, 0.29) is 12.7 Å². The lowest BCUT2D eigenvalue weighted by Crippen LogP contribution is -2.05. The molecular formula is C21H16N2O4. The topological polar surface area (TPSA) is 85.4 Å². The zero-order valence-corrected chi connectivity index (χ0v) is 14.6. The van der Waals surface area contributed by atoms with Crippen molar-refractivity contribution in [2.75, 3.05) is 0 Å². The maximum Gasteiger partial charge on any atom is 0.338 e. The SMILES string of the molecule is CC1Cc2ccc(-c3cc(COC(=O)c4cccc(C#N)c4)no3)cc2O1. The van der Waals surface area contributed by atoms with Gasteiger partial charge >= 0.3 is 5.97 Å². The molecular weight excluding hydrogens is 344 g/mol. The van der Waals surface area contributed by atoms with Crippen LogP contribution in [0.1, 0.15) is 34.1 Å². The number of benzene rings is 2. The van der Waals surface area contributed by atoms with Gasteiger partial charge in [-0.3, -0.25) is 0 Å². The van der Waals surface area contributed by atoms with Crippen LogP contribution in [0.25, 0.3) is 11.3 Å². The van der Waals surface area contributed by atoms with Crippen molar-refractivity contribution in [3.8, 4) is 23.1 Å². The van der Waals surface area contributed by atoms with Crippen LogP contribution in [-0.2, 0) is 17.8 Å². The van der Waals surface area contributed by atoms with Gasteiger partial charge in [0.15, 0.2) is 5.76 Å². The smallest absolute Gasteiger partial charge is 0.338 e. The van der Waals surface area contributed by atoms with Gasteiger partial charge in [-0.2, -0.15) is 5.26 Å². The molecule has 6 heteroatoms. The fraction of sp³-hybridized carbons (Fsp3) is 0.190. The summed E-state index contributed by atoms with van der Waals surface area (Å²) in [7, 11) is 0. The second-order valence-electron chi connectivity index (χ2n) is 6.41. The molecule has 134 valence electrons. The molecule has 1 atom stereocenters. The van der Waals surface area contributed by atoms with Crippen molar-refractivity contribution in [2.45, 2.75) is 26.1 Å². The molecule has 27 heavy (non-hydrogen) atoms. The molecule has 0 N–H and O–H groups in total. The van der Waals surface area contributed by atoms with Crippen LogP contribution in [-0.4, -0.2) is 17.2 Å². The first-order valence-electron chi connectivity index (χ1n) is 8.55. The Morgan fingerprint density at radius 3 is 3.04 bits per heavy atom. The van der Waals surface area contributed by atoms with Gasteiger partial charge in [-0.1, -0.05) is 23.4 Å². The molecule has 0 aliphatic carbocycles. The van der Waals surface area contributed by atoms with Crippen LogP contribution < -0.4 is 4.74 Å². The highest BCUT2D eigenvalue weighted by atomic mass is 16.5. The summed E-state index contributed by atoms with van der Waals surface area (Å²) in [5, 5.41) is 12.9. The van der Waals surface area contributed by atoms with Crippen molar-refractivity contribution in [1.29, 1.82) is 5.26 Å². The van der Waals surface area contributed by atoms with Gasteiger partial charge in [0, 0.05) is 18.1 Å². The van der Waals surface area contributed by atoms with Gasteiger partial charge in [0.05, 0.1) is 17.2 Å². The molecule has 3 aromatic rings. The Labute approximate surface area is 155 Å². The standard InChI is InChI=1S/C21H16N2O4/c1-13-7-15-5-6-16(9-19(15)26-13)20-10-18(23-27-20)12-25-21(24)17-4-2-3-14(8-17)11-22/h2-6,8-10,13H,7,12H2,1H3. The zero-order chi connectivity index (χ0) is 18.8. The summed E-state index contributed by atoms with van der Waals surface area (Å²) in [5.74, 6) is 0.928. The number of ether oxygens (including phenoxy) is 2. The van der Waals surface area contributed by atoms with Crippen LogP contribution >= 0.6 is 0 Å². The molecule has 2 heterocycles. The van der Waals surface area contributed by atoms with Crippen molar-refractivity contribution < 1.29 is 18.8 Å². The van der Waals surface area contributed by atoms with E-state index in [1.807, 2.05) is 31.2 Å². The first-order valence-corrected chi connectivity index (χ1v) is 8.55. The van der Waals surface area contributed by atoms with E-state index in [0.29, 0.717) is 22.6 Å². The predicted molar refractivity (Wildman–Crippen MR) is 96.0 cm³/mol. The maximum absolute atomic E-state index is 12.1. The number of carbonyl (C=O) groups excluding carboxylic acids is 1. The zero-order valence-electron chi connectivity index (χ0n) is 14.6. The van der Waals surface area contributed by atoms with Gasteiger partial charge in [-0.25, -0.2) is 4.79 Å². The average Bonchev–Trinajstić information content (AvgIpc) is 3.31. The van der Waals surface area contributed by atoms with Crippen LogP contribution in [0.5, 0.6) is 5.75 Å². The molecule has 1 unspecified atom stereocenters. The Morgan fingerprint density at radius 1 is 1.30 bits per heavy atom. The van der Waals surface area contributed by atoms with Crippen molar-refractivity contribution in [1.82, 2.24) is 5.16 Å². The van der Waals surface area contributed by atoms with E-state index >= 15 is 0 Å². The van der Waals surface area contributed by atoms with Gasteiger partial charge in [0.25, 0.3) is 0 Å². The lowest BCUT2D eigenvalue weighted by Gasteiger charge is -2.03. The van der Waals surface area contributed by atoms with Crippen LogP contribution in [0.3, 0.4) is 0 Å². The highest BCUT2D eigenvalue weighted by Gasteiger charge is 2.20. The second kappa shape index (κ2) is 6.96. The largest absolute Gasteiger partial charge is 0.490 e. The van der Waals surface area contributed by atoms with Gasteiger partial charge in [0.2, 0.25) is 0 Å². The minimum Gasteiger partial charge on any atom is -0.490 e. The van der Waals surface area contributed by atoms with Crippen molar-refractivity contribution in [2.24, 2.45) is 0 Å². The monoisotopic (exact) mass is 360 g/mol. The van der Waals surface area contributed by atoms with E-state index in [4.69, 9.17) is 19.3 Å². The van der Waals surface area contributed by atoms with E-state index < -0.39 is 5.97 Å². The molecule has 0 saturated heterocycles. The van der Waals surface area contributed by atoms with Crippen LogP contribution in [0, 0.1) is 11.3 Å². The van der Waals surface area contributed by atoms with Crippen LogP contribution in [0.2, 0.25) is 0 Å². The molecule has 1 aliphatic rings. The van der Waals surface area contributed by atoms with E-state index in [1.54, 1.807) is 24.3 Å². The Balaban J connectivity index is 1.43. The van der Waals surface area contributed by atoms with E-state index in [1.165, 1.54) is 11.6 Å². The van der Waals surface area contributed by atoms with Gasteiger partial charge < -0.3 is 14.0 Å². The summed E-state index contributed by atoms with van der Waals surface area (Å²) in [6.07, 6.45) is 1.08. The van der Waals surface area contributed by atoms with Crippen molar-refractivity contribution in [3.05, 3.63) is 70.9 Å². The molecule has 0 spiro atoms. The van der Waals surface area contributed by atoms with E-state index in [2.05, 4.69) is 5.16 Å². The lowest BCUT2D eigenvalue weighted by atomic mass is 10.1. The number of nitriles is 1. The highest BCUT2D eigenvalue weighted by molar-refractivity contribution is 5.89. The van der Waals surface area contributed by atoms with Crippen LogP contribution in [0.4, 0.5) is 0 Å². The molecule has 0 fully saturated rings. The Kier molecular flexibility index (Phi) is 4.35. The summed E-state index contributed by atoms with van der Waals surface area (Å²) in [6, 6.07) is 16.0. The third-order valence-electron chi connectivity index (χ3n) is 4.32. The summed E-state index contributed by atoms with van der Waals surface area (Å²) < 4.78 is 16.4. The van der Waals surface area contributed by atoms with Gasteiger partial charge in [0.1, 0.15) is 24.2 Å². The lowest BCUT2D eigenvalue weighted by molar-refractivity contribution is 0.0464. The first kappa shape index (κ1) is 16.9. The van der Waals surface area contributed by atoms with Gasteiger partial charge in [-0.15, -0.1) is 0 Å². The summed E-state index contributed by atoms with van der Waals surface area (Å²) in [6.45, 7) is 2.02. The quantitative estimate of drug-likeness (QED) is 0.656. The Morgan fingerprint density at radius 2 is 2.19 bits per heavy atom. The number of carbonyl (C=O) groups is 1. The molecule has 0 saturated carbocycles. The van der Waals surface area contributed by atoms with Crippen molar-refractivity contribution in [3.63, 3.8) is 0 Å². The Bertz CT molecular complexity index is 1050. The summed E-state index contributed by atoms with van der Waals surface area (Å²) in [5.41, 5.74) is 3.27. The normalized spacial score (nSPS) is 14.9. The van der Waals surface area contributed by atoms with E-state index in [0.717, 1.165) is 17.7 Å². The van der Waals surface area contributed by atoms with Crippen LogP contribution in [0.15, 0.2) is 53.1 Å². The van der Waals surface area contributed by atoms with Crippen molar-refractivity contribution >= 4 is 5.97 Å². The third-order valence-corrected chi connectivity index (χ3v) is 4.32. The molecule has 6 nitrogen and oxygen atoms in total. The maximum atomic E-state index is 12.1. The first-order chi connectivity index (χ1) is 13.1. The molecule has 4 rings (SSSR count). The average molecular weight is 360 g/mol. The highest BCUT2D eigenvalue weighted by Crippen LogP contribution is 2.33. The number of hydrogen-bond donors (Lipinski definition) is 0. The molecule has 1 aromatic heterocycles. The minimum atomic E-state index is -0.517. The van der Waals surface area contributed by atoms with Gasteiger partial charge in [-0.05, 0) is 36.8 Å². The molecule has 1 aliphatic heterocycles. The number of fused-ring (bicyclic) bond motifs is 1. The number of hydrogen-bond acceptors (Lipinski definition) is 6. The third kappa shape index (κ3) is 3.53. The molecule has 0 amide bonds. The number of nitrogens with zero attached hydrogens (tertiary/aromatic N) is 2. The second-order valence-corrected chi connectivity index (χ2v) is 6.41. The predicted octanol–water partition coefficient (Wildman–Crippen LogP) is 3.89. The molecule has 0 radical (unpaired) electrons. The Hall–Kier alpha value is -3.59. The van der Waals surface area contributed by atoms with E-state index in [9.17, 15) is 4.79 Å². The molecule has 2 aromatic carbocycles. The number of aromatic nitrogens is 1. The molecule has 0 bridgehead atoms. The summed E-state index contributed by atoms with van der Waals surface area (Å²) >= 11 is 0. The number of esters is 1. The fourth-order valence-corrected chi connectivity index (χ4v) is 3.01.